The Morgan fingerprint density at radius 3 is 2.40 bits per heavy atom. The average molecular weight is 476 g/mol. The molecule has 0 aliphatic heterocycles. The number of nitrogens with two attached hydrogens (primary N) is 2. The first-order chi connectivity index (χ1) is 16.6. The molecule has 0 bridgehead atoms. The number of Topliss-reactive ketones (excluding diaryl/α,β-unsaturated/α-hetero) is 2. The first-order valence-corrected chi connectivity index (χ1v) is 11.2. The maximum Gasteiger partial charge on any atom is 0.255 e. The minimum Gasteiger partial charge on any atom is -0.508 e. The van der Waals surface area contributed by atoms with Crippen molar-refractivity contribution in [3.8, 4) is 16.9 Å². The number of benzene rings is 2. The highest BCUT2D eigenvalue weighted by Crippen LogP contribution is 2.53. The number of hydrogen-bond acceptors (Lipinski definition) is 8. The number of carbonyl (C=O) groups excluding carboxylic acids is 3. The lowest BCUT2D eigenvalue weighted by atomic mass is 9.59. The molecule has 9 nitrogen and oxygen atoms in total. The van der Waals surface area contributed by atoms with E-state index in [2.05, 4.69) is 0 Å². The van der Waals surface area contributed by atoms with Crippen LogP contribution in [0.4, 0.5) is 0 Å². The second kappa shape index (κ2) is 7.79. The third-order valence-corrected chi connectivity index (χ3v) is 7.45. The number of carbonyl (C=O) groups is 3. The van der Waals surface area contributed by atoms with Gasteiger partial charge in [0, 0.05) is 30.0 Å². The van der Waals surface area contributed by atoms with Gasteiger partial charge < -0.3 is 31.9 Å². The van der Waals surface area contributed by atoms with Crippen molar-refractivity contribution in [2.45, 2.75) is 31.4 Å². The number of ketones is 2. The van der Waals surface area contributed by atoms with Gasteiger partial charge in [-0.05, 0) is 41.5 Å². The molecule has 0 aromatic heterocycles. The van der Waals surface area contributed by atoms with Crippen LogP contribution in [0.25, 0.3) is 16.9 Å². The van der Waals surface area contributed by atoms with Crippen molar-refractivity contribution in [2.75, 3.05) is 0 Å². The SMILES string of the molecule is NCc1cc(-c2ccccc2)c2c(c1O)C(O)=C1C(=O)[C@]3(O)C(O)=C(C(N)=O)C(=O)C[C@@H]3C[C@@H]1C2. The molecular formula is C26H24N2O7. The first-order valence-electron chi connectivity index (χ1n) is 11.2. The molecule has 1 saturated carbocycles. The second-order valence-corrected chi connectivity index (χ2v) is 9.26. The van der Waals surface area contributed by atoms with Crippen LogP contribution >= 0.6 is 0 Å². The Bertz CT molecular complexity index is 1380. The summed E-state index contributed by atoms with van der Waals surface area (Å²) in [5.74, 6) is -6.52. The van der Waals surface area contributed by atoms with E-state index in [1.54, 1.807) is 6.07 Å². The summed E-state index contributed by atoms with van der Waals surface area (Å²) in [5.41, 5.74) is 10.0. The zero-order valence-electron chi connectivity index (χ0n) is 18.6. The van der Waals surface area contributed by atoms with Gasteiger partial charge >= 0.3 is 0 Å². The molecule has 1 fully saturated rings. The van der Waals surface area contributed by atoms with E-state index in [1.807, 2.05) is 30.3 Å². The quantitative estimate of drug-likeness (QED) is 0.360. The third-order valence-electron chi connectivity index (χ3n) is 7.45. The van der Waals surface area contributed by atoms with Gasteiger partial charge in [0.05, 0.1) is 5.56 Å². The largest absolute Gasteiger partial charge is 0.508 e. The fourth-order valence-corrected chi connectivity index (χ4v) is 5.78. The fraction of sp³-hybridized carbons (Fsp3) is 0.269. The van der Waals surface area contributed by atoms with Gasteiger partial charge in [0.2, 0.25) is 5.78 Å². The summed E-state index contributed by atoms with van der Waals surface area (Å²) in [7, 11) is 0. The van der Waals surface area contributed by atoms with Crippen molar-refractivity contribution >= 4 is 23.2 Å². The summed E-state index contributed by atoms with van der Waals surface area (Å²) in [6.45, 7) is -0.0292. The van der Waals surface area contributed by atoms with Gasteiger partial charge in [-0.25, -0.2) is 0 Å². The predicted molar refractivity (Wildman–Crippen MR) is 125 cm³/mol. The minimum atomic E-state index is -2.58. The Morgan fingerprint density at radius 1 is 1.09 bits per heavy atom. The summed E-state index contributed by atoms with van der Waals surface area (Å²) < 4.78 is 0. The summed E-state index contributed by atoms with van der Waals surface area (Å²) >= 11 is 0. The van der Waals surface area contributed by atoms with Gasteiger partial charge in [0.1, 0.15) is 22.8 Å². The second-order valence-electron chi connectivity index (χ2n) is 9.26. The number of amides is 1. The molecule has 0 radical (unpaired) electrons. The number of aromatic hydroxyl groups is 1. The van der Waals surface area contributed by atoms with Crippen LogP contribution in [0.2, 0.25) is 0 Å². The maximum absolute atomic E-state index is 13.6. The molecule has 35 heavy (non-hydrogen) atoms. The predicted octanol–water partition coefficient (Wildman–Crippen LogP) is 1.55. The summed E-state index contributed by atoms with van der Waals surface area (Å²) in [5, 5.41) is 44.2. The zero-order valence-corrected chi connectivity index (χ0v) is 18.6. The lowest BCUT2D eigenvalue weighted by molar-refractivity contribution is -0.147. The van der Waals surface area contributed by atoms with E-state index in [0.717, 1.165) is 11.1 Å². The Balaban J connectivity index is 1.75. The summed E-state index contributed by atoms with van der Waals surface area (Å²) in [4.78, 5) is 37.8. The molecule has 5 rings (SSSR count). The number of rotatable bonds is 3. The van der Waals surface area contributed by atoms with Crippen LogP contribution in [-0.2, 0) is 27.3 Å². The van der Waals surface area contributed by atoms with Crippen molar-refractivity contribution in [3.63, 3.8) is 0 Å². The molecule has 2 aromatic rings. The van der Waals surface area contributed by atoms with Gasteiger partial charge in [-0.1, -0.05) is 30.3 Å². The van der Waals surface area contributed by atoms with Crippen LogP contribution < -0.4 is 11.5 Å². The lowest BCUT2D eigenvalue weighted by Crippen LogP contribution is -2.58. The Morgan fingerprint density at radius 2 is 1.77 bits per heavy atom. The van der Waals surface area contributed by atoms with Crippen LogP contribution in [0.5, 0.6) is 5.75 Å². The van der Waals surface area contributed by atoms with E-state index in [1.165, 1.54) is 0 Å². The summed E-state index contributed by atoms with van der Waals surface area (Å²) in [6.07, 6.45) is -0.0432. The van der Waals surface area contributed by atoms with Gasteiger partial charge in [-0.2, -0.15) is 0 Å². The molecule has 180 valence electrons. The third kappa shape index (κ3) is 3.05. The maximum atomic E-state index is 13.6. The number of primary amides is 1. The van der Waals surface area contributed by atoms with Crippen molar-refractivity contribution in [3.05, 3.63) is 70.0 Å². The van der Waals surface area contributed by atoms with E-state index < -0.39 is 52.0 Å². The van der Waals surface area contributed by atoms with E-state index in [0.29, 0.717) is 11.1 Å². The highest BCUT2D eigenvalue weighted by Gasteiger charge is 2.60. The number of aliphatic hydroxyl groups is 3. The van der Waals surface area contributed by atoms with Crippen LogP contribution in [0.3, 0.4) is 0 Å². The van der Waals surface area contributed by atoms with Gasteiger partial charge in [-0.15, -0.1) is 0 Å². The molecule has 1 amide bonds. The molecule has 3 aliphatic carbocycles. The highest BCUT2D eigenvalue weighted by atomic mass is 16.3. The molecule has 3 atom stereocenters. The molecule has 2 aromatic carbocycles. The van der Waals surface area contributed by atoms with E-state index in [4.69, 9.17) is 11.5 Å². The number of phenolic OH excluding ortho intramolecular Hbond substituents is 1. The molecule has 0 heterocycles. The van der Waals surface area contributed by atoms with Crippen LogP contribution in [0.1, 0.15) is 29.5 Å². The smallest absolute Gasteiger partial charge is 0.255 e. The average Bonchev–Trinajstić information content (AvgIpc) is 2.82. The molecular weight excluding hydrogens is 452 g/mol. The van der Waals surface area contributed by atoms with Crippen molar-refractivity contribution in [2.24, 2.45) is 23.3 Å². The van der Waals surface area contributed by atoms with Gasteiger partial charge in [0.15, 0.2) is 11.4 Å². The van der Waals surface area contributed by atoms with Gasteiger partial charge in [0.25, 0.3) is 5.91 Å². The van der Waals surface area contributed by atoms with Crippen LogP contribution in [-0.4, -0.2) is 43.5 Å². The summed E-state index contributed by atoms with van der Waals surface area (Å²) in [6, 6.07) is 11.1. The number of fused-ring (bicyclic) bond motifs is 3. The number of phenols is 1. The molecule has 0 spiro atoms. The van der Waals surface area contributed by atoms with Gasteiger partial charge in [-0.3, -0.25) is 14.4 Å². The highest BCUT2D eigenvalue weighted by molar-refractivity contribution is 6.22. The molecule has 8 N–H and O–H groups in total. The normalized spacial score (nSPS) is 25.8. The van der Waals surface area contributed by atoms with E-state index in [-0.39, 0.29) is 42.7 Å². The molecule has 3 aliphatic rings. The first kappa shape index (κ1) is 22.8. The molecule has 0 unspecified atom stereocenters. The Labute approximate surface area is 200 Å². The van der Waals surface area contributed by atoms with Crippen LogP contribution in [0.15, 0.2) is 53.3 Å². The molecule has 0 saturated heterocycles. The van der Waals surface area contributed by atoms with Crippen molar-refractivity contribution in [1.29, 1.82) is 0 Å². The fourth-order valence-electron chi connectivity index (χ4n) is 5.78. The van der Waals surface area contributed by atoms with E-state index >= 15 is 0 Å². The van der Waals surface area contributed by atoms with E-state index in [9.17, 15) is 34.8 Å². The monoisotopic (exact) mass is 476 g/mol. The lowest BCUT2D eigenvalue weighted by Gasteiger charge is -2.46. The number of aliphatic hydroxyl groups excluding tert-OH is 2. The Kier molecular flexibility index (Phi) is 5.08. The zero-order chi connectivity index (χ0) is 25.2. The molecule has 9 heteroatoms. The standard InChI is InChI=1S/C26H24N2O7/c27-10-13-8-15(11-4-2-1-3-5-11)16-7-12-6-14-9-17(29)20(25(28)34)24(33)26(14,35)23(32)18(12)22(31)19(16)21(13)30/h1-5,8,12,14,30-31,33,35H,6-7,9-10,27H2,(H2,28,34)/t12-,14+,26+/m1/s1. The van der Waals surface area contributed by atoms with Crippen molar-refractivity contribution < 1.29 is 34.8 Å². The van der Waals surface area contributed by atoms with Crippen molar-refractivity contribution in [1.82, 2.24) is 0 Å². The van der Waals surface area contributed by atoms with Crippen LogP contribution in [0, 0.1) is 11.8 Å². The number of hydrogen-bond donors (Lipinski definition) is 6. The topological polar surface area (TPSA) is 184 Å². The minimum absolute atomic E-state index is 0.0292. The Hall–Kier alpha value is -3.95.